The number of hydrogen-bond donors (Lipinski definition) is 2. The van der Waals surface area contributed by atoms with Gasteiger partial charge in [-0.25, -0.2) is 0 Å². The highest BCUT2D eigenvalue weighted by molar-refractivity contribution is 5.78. The van der Waals surface area contributed by atoms with Crippen LogP contribution in [-0.2, 0) is 11.3 Å². The van der Waals surface area contributed by atoms with Gasteiger partial charge in [-0.3, -0.25) is 9.48 Å². The van der Waals surface area contributed by atoms with Gasteiger partial charge in [-0.05, 0) is 41.5 Å². The summed E-state index contributed by atoms with van der Waals surface area (Å²) in [7, 11) is 0. The van der Waals surface area contributed by atoms with Crippen LogP contribution in [0, 0.1) is 13.8 Å². The molecule has 1 amide bonds. The molecule has 108 valence electrons. The van der Waals surface area contributed by atoms with Crippen LogP contribution in [0.3, 0.4) is 0 Å². The first-order valence-electron chi connectivity index (χ1n) is 6.93. The Morgan fingerprint density at radius 2 is 1.95 bits per heavy atom. The maximum absolute atomic E-state index is 11.6. The number of hydrogen-bond acceptors (Lipinski definition) is 3. The topological polar surface area (TPSA) is 59.0 Å². The van der Waals surface area contributed by atoms with Crippen molar-refractivity contribution < 1.29 is 4.79 Å². The van der Waals surface area contributed by atoms with Crippen LogP contribution >= 0.6 is 0 Å². The summed E-state index contributed by atoms with van der Waals surface area (Å²) in [5.41, 5.74) is 3.40. The number of nitrogens with one attached hydrogen (secondary N) is 2. The lowest BCUT2D eigenvalue weighted by molar-refractivity contribution is -0.120. The minimum absolute atomic E-state index is 0.0278. The quantitative estimate of drug-likeness (QED) is 0.824. The van der Waals surface area contributed by atoms with Gasteiger partial charge >= 0.3 is 0 Å². The van der Waals surface area contributed by atoms with Crippen LogP contribution in [0.4, 0.5) is 0 Å². The van der Waals surface area contributed by atoms with E-state index in [2.05, 4.69) is 36.5 Å². The fraction of sp³-hybridized carbons (Fsp3) is 0.714. The minimum atomic E-state index is 0.0278. The molecule has 1 heterocycles. The van der Waals surface area contributed by atoms with Crippen molar-refractivity contribution in [1.82, 2.24) is 20.4 Å². The van der Waals surface area contributed by atoms with Crippen molar-refractivity contribution in [3.8, 4) is 0 Å². The molecule has 1 unspecified atom stereocenters. The maximum Gasteiger partial charge on any atom is 0.234 e. The monoisotopic (exact) mass is 266 g/mol. The summed E-state index contributed by atoms with van der Waals surface area (Å²) in [6.07, 6.45) is 0. The zero-order chi connectivity index (χ0) is 14.6. The number of rotatable bonds is 6. The highest BCUT2D eigenvalue weighted by Gasteiger charge is 2.17. The molecule has 19 heavy (non-hydrogen) atoms. The van der Waals surface area contributed by atoms with E-state index in [1.807, 2.05) is 25.5 Å². The first kappa shape index (κ1) is 15.7. The van der Waals surface area contributed by atoms with Crippen molar-refractivity contribution in [3.63, 3.8) is 0 Å². The largest absolute Gasteiger partial charge is 0.353 e. The van der Waals surface area contributed by atoms with Crippen LogP contribution in [0.1, 0.15) is 50.7 Å². The molecule has 0 aliphatic carbocycles. The summed E-state index contributed by atoms with van der Waals surface area (Å²) in [4.78, 5) is 11.6. The molecule has 0 saturated carbocycles. The van der Waals surface area contributed by atoms with Crippen molar-refractivity contribution in [3.05, 3.63) is 17.0 Å². The van der Waals surface area contributed by atoms with Gasteiger partial charge in [0, 0.05) is 29.9 Å². The van der Waals surface area contributed by atoms with Gasteiger partial charge in [0.1, 0.15) is 0 Å². The van der Waals surface area contributed by atoms with Crippen molar-refractivity contribution in [2.45, 2.75) is 60.2 Å². The summed E-state index contributed by atoms with van der Waals surface area (Å²) >= 11 is 0. The van der Waals surface area contributed by atoms with Crippen LogP contribution in [-0.4, -0.2) is 28.3 Å². The van der Waals surface area contributed by atoms with Gasteiger partial charge in [0.05, 0.1) is 12.2 Å². The highest BCUT2D eigenvalue weighted by atomic mass is 16.1. The smallest absolute Gasteiger partial charge is 0.234 e. The minimum Gasteiger partial charge on any atom is -0.353 e. The Morgan fingerprint density at radius 1 is 1.32 bits per heavy atom. The third kappa shape index (κ3) is 4.06. The molecule has 1 aromatic heterocycles. The van der Waals surface area contributed by atoms with Gasteiger partial charge < -0.3 is 10.6 Å². The number of aromatic nitrogens is 2. The summed E-state index contributed by atoms with van der Waals surface area (Å²) in [5, 5.41) is 10.6. The molecular formula is C14H26N4O. The van der Waals surface area contributed by atoms with Crippen molar-refractivity contribution >= 4 is 5.91 Å². The number of carbonyl (C=O) groups excluding carboxylic acids is 1. The lowest BCUT2D eigenvalue weighted by Gasteiger charge is -2.15. The van der Waals surface area contributed by atoms with E-state index in [9.17, 15) is 4.79 Å². The zero-order valence-electron chi connectivity index (χ0n) is 12.9. The average molecular weight is 266 g/mol. The van der Waals surface area contributed by atoms with Gasteiger partial charge in [-0.2, -0.15) is 5.10 Å². The Kier molecular flexibility index (Phi) is 5.54. The van der Waals surface area contributed by atoms with Crippen LogP contribution < -0.4 is 10.6 Å². The van der Waals surface area contributed by atoms with Crippen LogP contribution in [0.2, 0.25) is 0 Å². The predicted octanol–water partition coefficient (Wildman–Crippen LogP) is 1.70. The normalized spacial score (nSPS) is 12.8. The van der Waals surface area contributed by atoms with Crippen LogP contribution in [0.5, 0.6) is 0 Å². The number of nitrogens with zero attached hydrogens (tertiary/aromatic N) is 2. The molecule has 5 nitrogen and oxygen atoms in total. The second-order valence-corrected chi connectivity index (χ2v) is 5.23. The lowest BCUT2D eigenvalue weighted by Crippen LogP contribution is -2.38. The molecule has 2 N–H and O–H groups in total. The van der Waals surface area contributed by atoms with E-state index in [0.29, 0.717) is 6.54 Å². The second-order valence-electron chi connectivity index (χ2n) is 5.23. The molecule has 1 aromatic rings. The summed E-state index contributed by atoms with van der Waals surface area (Å²) < 4.78 is 2.00. The third-order valence-electron chi connectivity index (χ3n) is 3.19. The van der Waals surface area contributed by atoms with E-state index in [1.54, 1.807) is 0 Å². The first-order chi connectivity index (χ1) is 8.86. The SMILES string of the molecule is CCn1nc(C)c(C(C)NCC(=O)NC(C)C)c1C. The Hall–Kier alpha value is -1.36. The predicted molar refractivity (Wildman–Crippen MR) is 77.1 cm³/mol. The van der Waals surface area contributed by atoms with Gasteiger partial charge in [0.15, 0.2) is 0 Å². The van der Waals surface area contributed by atoms with Crippen molar-refractivity contribution in [1.29, 1.82) is 0 Å². The Bertz CT molecular complexity index is 437. The molecule has 0 radical (unpaired) electrons. The van der Waals surface area contributed by atoms with Gasteiger partial charge in [0.25, 0.3) is 0 Å². The maximum atomic E-state index is 11.6. The summed E-state index contributed by atoms with van der Waals surface area (Å²) in [5.74, 6) is 0.0278. The summed E-state index contributed by atoms with van der Waals surface area (Å²) in [6, 6.07) is 0.300. The standard InChI is InChI=1S/C14H26N4O/c1-7-18-12(6)14(11(5)17-18)10(4)15-8-13(19)16-9(2)3/h9-10,15H,7-8H2,1-6H3,(H,16,19). The highest BCUT2D eigenvalue weighted by Crippen LogP contribution is 2.20. The van der Waals surface area contributed by atoms with Crippen LogP contribution in [0.25, 0.3) is 0 Å². The Morgan fingerprint density at radius 3 is 2.42 bits per heavy atom. The van der Waals surface area contributed by atoms with Crippen LogP contribution in [0.15, 0.2) is 0 Å². The van der Waals surface area contributed by atoms with Crippen molar-refractivity contribution in [2.75, 3.05) is 6.54 Å². The van der Waals surface area contributed by atoms with Crippen molar-refractivity contribution in [2.24, 2.45) is 0 Å². The molecule has 1 rings (SSSR count). The molecule has 1 atom stereocenters. The van der Waals surface area contributed by atoms with E-state index in [4.69, 9.17) is 0 Å². The fourth-order valence-electron chi connectivity index (χ4n) is 2.37. The zero-order valence-corrected chi connectivity index (χ0v) is 12.9. The first-order valence-corrected chi connectivity index (χ1v) is 6.93. The molecule has 0 fully saturated rings. The van der Waals surface area contributed by atoms with E-state index in [-0.39, 0.29) is 18.0 Å². The lowest BCUT2D eigenvalue weighted by atomic mass is 10.1. The molecule has 5 heteroatoms. The van der Waals surface area contributed by atoms with Gasteiger partial charge in [-0.1, -0.05) is 0 Å². The van der Waals surface area contributed by atoms with E-state index in [1.165, 1.54) is 11.3 Å². The molecule has 0 bridgehead atoms. The Labute approximate surface area is 115 Å². The van der Waals surface area contributed by atoms with E-state index < -0.39 is 0 Å². The van der Waals surface area contributed by atoms with E-state index >= 15 is 0 Å². The third-order valence-corrected chi connectivity index (χ3v) is 3.19. The molecule has 0 spiro atoms. The van der Waals surface area contributed by atoms with Gasteiger partial charge in [0.2, 0.25) is 5.91 Å². The molecule has 0 aromatic carbocycles. The fourth-order valence-corrected chi connectivity index (χ4v) is 2.37. The molecular weight excluding hydrogens is 240 g/mol. The number of amides is 1. The molecule has 0 aliphatic heterocycles. The molecule has 0 aliphatic rings. The Balaban J connectivity index is 2.66. The molecule has 0 saturated heterocycles. The van der Waals surface area contributed by atoms with E-state index in [0.717, 1.165) is 12.2 Å². The number of aryl methyl sites for hydroxylation is 2. The summed E-state index contributed by atoms with van der Waals surface area (Å²) in [6.45, 7) is 13.4. The number of carbonyl (C=O) groups is 1. The average Bonchev–Trinajstić information content (AvgIpc) is 2.60. The van der Waals surface area contributed by atoms with Gasteiger partial charge in [-0.15, -0.1) is 0 Å². The second kappa shape index (κ2) is 6.70.